The lowest BCUT2D eigenvalue weighted by atomic mass is 10.0. The molecule has 7 heteroatoms. The molecular formula is C32H28N4O2S. The molecule has 2 aromatic heterocycles. The maximum Gasteiger partial charge on any atom is 0.174 e. The van der Waals surface area contributed by atoms with Crippen LogP contribution < -0.4 is 19.7 Å². The number of thiocarbonyl (C=S) groups is 1. The summed E-state index contributed by atoms with van der Waals surface area (Å²) in [6.45, 7) is 2.10. The van der Waals surface area contributed by atoms with Gasteiger partial charge in [-0.3, -0.25) is 4.98 Å². The smallest absolute Gasteiger partial charge is 0.174 e. The van der Waals surface area contributed by atoms with Crippen LogP contribution in [0.1, 0.15) is 29.0 Å². The van der Waals surface area contributed by atoms with E-state index in [-0.39, 0.29) is 12.1 Å². The van der Waals surface area contributed by atoms with E-state index in [0.717, 1.165) is 40.0 Å². The van der Waals surface area contributed by atoms with Gasteiger partial charge in [-0.2, -0.15) is 0 Å². The highest BCUT2D eigenvalue weighted by molar-refractivity contribution is 7.80. The lowest BCUT2D eigenvalue weighted by Crippen LogP contribution is -2.30. The van der Waals surface area contributed by atoms with Crippen LogP contribution in [-0.4, -0.2) is 21.8 Å². The maximum atomic E-state index is 6.06. The molecule has 0 aliphatic carbocycles. The van der Waals surface area contributed by atoms with Gasteiger partial charge in [-0.1, -0.05) is 23.8 Å². The molecule has 0 amide bonds. The van der Waals surface area contributed by atoms with Gasteiger partial charge in [-0.15, -0.1) is 0 Å². The quantitative estimate of drug-likeness (QED) is 0.225. The Morgan fingerprint density at radius 3 is 2.10 bits per heavy atom. The second kappa shape index (κ2) is 10.6. The Morgan fingerprint density at radius 1 is 0.769 bits per heavy atom. The molecule has 6 rings (SSSR count). The second-order valence-corrected chi connectivity index (χ2v) is 9.79. The monoisotopic (exact) mass is 532 g/mol. The Balaban J connectivity index is 1.36. The molecule has 1 fully saturated rings. The van der Waals surface area contributed by atoms with Crippen LogP contribution in [0.15, 0.2) is 116 Å². The number of ether oxygens (including phenoxy) is 2. The number of nitrogens with one attached hydrogen (secondary N) is 1. The fraction of sp³-hybridized carbons (Fsp3) is 0.125. The lowest BCUT2D eigenvalue weighted by Gasteiger charge is -2.29. The Bertz CT molecular complexity index is 1570. The predicted octanol–water partition coefficient (Wildman–Crippen LogP) is 7.16. The highest BCUT2D eigenvalue weighted by atomic mass is 32.1. The van der Waals surface area contributed by atoms with Gasteiger partial charge in [-0.25, -0.2) is 0 Å². The van der Waals surface area contributed by atoms with Crippen molar-refractivity contribution in [3.8, 4) is 22.9 Å². The molecule has 0 radical (unpaired) electrons. The van der Waals surface area contributed by atoms with Crippen molar-refractivity contribution in [2.45, 2.75) is 19.0 Å². The summed E-state index contributed by atoms with van der Waals surface area (Å²) in [7, 11) is 1.65. The molecule has 2 unspecified atom stereocenters. The van der Waals surface area contributed by atoms with Crippen LogP contribution in [0.5, 0.6) is 17.2 Å². The molecular weight excluding hydrogens is 504 g/mol. The molecule has 194 valence electrons. The van der Waals surface area contributed by atoms with E-state index < -0.39 is 0 Å². The van der Waals surface area contributed by atoms with E-state index in [4.69, 9.17) is 21.7 Å². The van der Waals surface area contributed by atoms with E-state index >= 15 is 0 Å². The normalized spacial score (nSPS) is 16.7. The Kier molecular flexibility index (Phi) is 6.73. The van der Waals surface area contributed by atoms with Crippen LogP contribution in [0.3, 0.4) is 0 Å². The van der Waals surface area contributed by atoms with Gasteiger partial charge in [0, 0.05) is 29.5 Å². The summed E-state index contributed by atoms with van der Waals surface area (Å²) >= 11 is 5.92. The average Bonchev–Trinajstić information content (AvgIpc) is 3.59. The first-order chi connectivity index (χ1) is 19.1. The summed E-state index contributed by atoms with van der Waals surface area (Å²) in [4.78, 5) is 6.86. The molecule has 1 aliphatic heterocycles. The number of pyridine rings is 1. The molecule has 6 nitrogen and oxygen atoms in total. The largest absolute Gasteiger partial charge is 0.497 e. The van der Waals surface area contributed by atoms with Crippen molar-refractivity contribution < 1.29 is 9.47 Å². The summed E-state index contributed by atoms with van der Waals surface area (Å²) in [5, 5.41) is 4.20. The molecule has 39 heavy (non-hydrogen) atoms. The van der Waals surface area contributed by atoms with Crippen LogP contribution in [-0.2, 0) is 0 Å². The molecule has 0 spiro atoms. The molecule has 0 bridgehead atoms. The first-order valence-electron chi connectivity index (χ1n) is 12.8. The van der Waals surface area contributed by atoms with Gasteiger partial charge >= 0.3 is 0 Å². The SMILES string of the molecule is COc1ccc(Oc2ccc(N3C(=S)NC(c4ccccn4)C3c3cccn3-c3ccc(C)cc3)cc2)cc1. The number of anilines is 1. The van der Waals surface area contributed by atoms with E-state index in [9.17, 15) is 0 Å². The van der Waals surface area contributed by atoms with Gasteiger partial charge in [0.25, 0.3) is 0 Å². The lowest BCUT2D eigenvalue weighted by molar-refractivity contribution is 0.413. The number of nitrogens with zero attached hydrogens (tertiary/aromatic N) is 3. The zero-order chi connectivity index (χ0) is 26.8. The van der Waals surface area contributed by atoms with Crippen molar-refractivity contribution in [2.24, 2.45) is 0 Å². The first kappa shape index (κ1) is 24.7. The number of benzene rings is 3. The molecule has 1 N–H and O–H groups in total. The second-order valence-electron chi connectivity index (χ2n) is 9.41. The summed E-state index contributed by atoms with van der Waals surface area (Å²) in [6.07, 6.45) is 3.92. The van der Waals surface area contributed by atoms with Crippen molar-refractivity contribution >= 4 is 23.0 Å². The summed E-state index contributed by atoms with van der Waals surface area (Å²) in [5.74, 6) is 2.27. The van der Waals surface area contributed by atoms with E-state index in [1.165, 1.54) is 5.56 Å². The highest BCUT2D eigenvalue weighted by Gasteiger charge is 2.42. The maximum absolute atomic E-state index is 6.06. The molecule has 3 aromatic carbocycles. The number of rotatable bonds is 7. The van der Waals surface area contributed by atoms with E-state index in [1.807, 2.05) is 72.9 Å². The molecule has 1 saturated heterocycles. The van der Waals surface area contributed by atoms with Crippen molar-refractivity contribution in [3.63, 3.8) is 0 Å². The standard InChI is InChI=1S/C32H28N4O2S/c1-22-8-10-23(11-9-22)35-21-5-7-29(35)31-30(28-6-3-4-20-33-28)34-32(39)36(31)24-12-14-26(15-13-24)38-27-18-16-25(37-2)17-19-27/h3-21,30-31H,1-2H3,(H,34,39). The van der Waals surface area contributed by atoms with Gasteiger partial charge in [0.05, 0.1) is 18.8 Å². The fourth-order valence-corrected chi connectivity index (χ4v) is 5.31. The van der Waals surface area contributed by atoms with Gasteiger partial charge < -0.3 is 24.3 Å². The van der Waals surface area contributed by atoms with E-state index in [2.05, 4.69) is 69.3 Å². The van der Waals surface area contributed by atoms with Crippen molar-refractivity contribution in [1.82, 2.24) is 14.9 Å². The van der Waals surface area contributed by atoms with Gasteiger partial charge in [-0.05, 0) is 104 Å². The number of methoxy groups -OCH3 is 1. The number of hydrogen-bond donors (Lipinski definition) is 1. The van der Waals surface area contributed by atoms with Crippen LogP contribution >= 0.6 is 12.2 Å². The first-order valence-corrected chi connectivity index (χ1v) is 13.2. The molecule has 0 saturated carbocycles. The predicted molar refractivity (Wildman–Crippen MR) is 158 cm³/mol. The number of hydrogen-bond acceptors (Lipinski definition) is 4. The molecule has 3 heterocycles. The van der Waals surface area contributed by atoms with Crippen LogP contribution in [0.4, 0.5) is 5.69 Å². The minimum Gasteiger partial charge on any atom is -0.497 e. The third kappa shape index (κ3) is 4.96. The summed E-state index contributed by atoms with van der Waals surface area (Å²) in [5.41, 5.74) is 5.33. The van der Waals surface area contributed by atoms with Crippen LogP contribution in [0.25, 0.3) is 5.69 Å². The summed E-state index contributed by atoms with van der Waals surface area (Å²) in [6, 6.07) is 34.1. The van der Waals surface area contributed by atoms with Gasteiger partial charge in [0.15, 0.2) is 5.11 Å². The number of aromatic nitrogens is 2. The van der Waals surface area contributed by atoms with Crippen molar-refractivity contribution in [2.75, 3.05) is 12.0 Å². The minimum absolute atomic E-state index is 0.128. The van der Waals surface area contributed by atoms with Crippen LogP contribution in [0, 0.1) is 6.92 Å². The molecule has 1 aliphatic rings. The Labute approximate surface area is 233 Å². The highest BCUT2D eigenvalue weighted by Crippen LogP contribution is 2.42. The van der Waals surface area contributed by atoms with Gasteiger partial charge in [0.1, 0.15) is 23.3 Å². The Hall–Kier alpha value is -4.62. The van der Waals surface area contributed by atoms with Crippen molar-refractivity contribution in [3.05, 3.63) is 132 Å². The zero-order valence-electron chi connectivity index (χ0n) is 21.7. The van der Waals surface area contributed by atoms with Crippen molar-refractivity contribution in [1.29, 1.82) is 0 Å². The summed E-state index contributed by atoms with van der Waals surface area (Å²) < 4.78 is 13.5. The van der Waals surface area contributed by atoms with Crippen LogP contribution in [0.2, 0.25) is 0 Å². The third-order valence-corrected chi connectivity index (χ3v) is 7.22. The average molecular weight is 533 g/mol. The fourth-order valence-electron chi connectivity index (χ4n) is 4.96. The minimum atomic E-state index is -0.131. The molecule has 2 atom stereocenters. The Morgan fingerprint density at radius 2 is 1.44 bits per heavy atom. The van der Waals surface area contributed by atoms with E-state index in [1.54, 1.807) is 7.11 Å². The topological polar surface area (TPSA) is 51.6 Å². The van der Waals surface area contributed by atoms with E-state index in [0.29, 0.717) is 5.11 Å². The zero-order valence-corrected chi connectivity index (χ0v) is 22.5. The third-order valence-electron chi connectivity index (χ3n) is 6.90. The number of aryl methyl sites for hydroxylation is 1. The molecule has 5 aromatic rings. The van der Waals surface area contributed by atoms with Gasteiger partial charge in [0.2, 0.25) is 0 Å².